The molecule has 8 nitrogen and oxygen atoms in total. The van der Waals surface area contributed by atoms with Crippen LogP contribution in [0.25, 0.3) is 0 Å². The van der Waals surface area contributed by atoms with Gasteiger partial charge in [0.25, 0.3) is 0 Å². The molecule has 0 aliphatic rings. The second-order valence-electron chi connectivity index (χ2n) is 5.69. The third kappa shape index (κ3) is 7.16. The Morgan fingerprint density at radius 2 is 1.27 bits per heavy atom. The van der Waals surface area contributed by atoms with Gasteiger partial charge in [-0.3, -0.25) is 9.59 Å². The average Bonchev–Trinajstić information content (AvgIpc) is 3.20. The molecular formula is C18H22N4O4. The van der Waals surface area contributed by atoms with Crippen molar-refractivity contribution in [3.05, 3.63) is 47.3 Å². The molecular weight excluding hydrogens is 336 g/mol. The summed E-state index contributed by atoms with van der Waals surface area (Å²) in [6, 6.07) is 7.15. The first-order valence-electron chi connectivity index (χ1n) is 8.29. The fourth-order valence-electron chi connectivity index (χ4n) is 2.06. The van der Waals surface area contributed by atoms with E-state index in [1.165, 1.54) is 12.4 Å². The van der Waals surface area contributed by atoms with Crippen molar-refractivity contribution in [3.8, 4) is 0 Å². The molecule has 138 valence electrons. The number of rotatable bonds is 9. The molecule has 0 bridgehead atoms. The predicted octanol–water partition coefficient (Wildman–Crippen LogP) is 2.65. The van der Waals surface area contributed by atoms with Crippen LogP contribution in [0.4, 0.5) is 0 Å². The van der Waals surface area contributed by atoms with Gasteiger partial charge >= 0.3 is 0 Å². The summed E-state index contributed by atoms with van der Waals surface area (Å²) in [5, 5.41) is 7.63. The van der Waals surface area contributed by atoms with Crippen LogP contribution in [-0.2, 0) is 9.59 Å². The van der Waals surface area contributed by atoms with E-state index in [4.69, 9.17) is 8.83 Å². The molecule has 2 aromatic heterocycles. The minimum absolute atomic E-state index is 0.212. The van der Waals surface area contributed by atoms with Crippen molar-refractivity contribution in [2.75, 3.05) is 0 Å². The molecule has 0 aliphatic carbocycles. The van der Waals surface area contributed by atoms with E-state index in [0.717, 1.165) is 11.5 Å². The third-order valence-electron chi connectivity index (χ3n) is 3.34. The zero-order chi connectivity index (χ0) is 18.8. The molecule has 8 heteroatoms. The fourth-order valence-corrected chi connectivity index (χ4v) is 2.06. The second kappa shape index (κ2) is 9.97. The molecule has 0 spiro atoms. The molecule has 0 fully saturated rings. The maximum absolute atomic E-state index is 11.6. The molecule has 0 unspecified atom stereocenters. The first-order valence-corrected chi connectivity index (χ1v) is 8.29. The van der Waals surface area contributed by atoms with Gasteiger partial charge in [0.05, 0.1) is 12.4 Å². The Labute approximate surface area is 151 Å². The van der Waals surface area contributed by atoms with E-state index in [1.54, 1.807) is 12.1 Å². The summed E-state index contributed by atoms with van der Waals surface area (Å²) >= 11 is 0. The van der Waals surface area contributed by atoms with Crippen LogP contribution in [0.1, 0.15) is 48.7 Å². The highest BCUT2D eigenvalue weighted by atomic mass is 16.3. The molecule has 2 heterocycles. The maximum Gasteiger partial charge on any atom is 0.240 e. The molecule has 0 atom stereocenters. The molecule has 2 aromatic rings. The number of carbonyl (C=O) groups is 2. The quantitative estimate of drug-likeness (QED) is 0.408. The highest BCUT2D eigenvalue weighted by Gasteiger charge is 2.03. The SMILES string of the molecule is Cc1ccc(C=NNC(=O)CCCCC(=O)NN=Cc2ccc(C)o2)o1. The van der Waals surface area contributed by atoms with Gasteiger partial charge in [0.15, 0.2) is 0 Å². The standard InChI is InChI=1S/C18H22N4O4/c1-13-7-9-15(25-13)11-19-21-17(23)5-3-4-6-18(24)22-20-12-16-10-8-14(2)26-16/h7-12H,3-6H2,1-2H3,(H,21,23)(H,22,24). The summed E-state index contributed by atoms with van der Waals surface area (Å²) in [5.41, 5.74) is 4.84. The number of hydrogen-bond donors (Lipinski definition) is 2. The number of aryl methyl sites for hydroxylation is 2. The largest absolute Gasteiger partial charge is 0.460 e. The number of nitrogens with one attached hydrogen (secondary N) is 2. The van der Waals surface area contributed by atoms with Crippen LogP contribution >= 0.6 is 0 Å². The van der Waals surface area contributed by atoms with Crippen LogP contribution < -0.4 is 10.9 Å². The lowest BCUT2D eigenvalue weighted by Gasteiger charge is -2.00. The van der Waals surface area contributed by atoms with E-state index in [1.807, 2.05) is 26.0 Å². The van der Waals surface area contributed by atoms with Crippen molar-refractivity contribution in [2.24, 2.45) is 10.2 Å². The van der Waals surface area contributed by atoms with Gasteiger partial charge < -0.3 is 8.83 Å². The highest BCUT2D eigenvalue weighted by molar-refractivity contribution is 5.81. The Hall–Kier alpha value is -3.16. The van der Waals surface area contributed by atoms with Gasteiger partial charge in [-0.2, -0.15) is 10.2 Å². The maximum atomic E-state index is 11.6. The van der Waals surface area contributed by atoms with Crippen molar-refractivity contribution in [1.82, 2.24) is 10.9 Å². The highest BCUT2D eigenvalue weighted by Crippen LogP contribution is 2.04. The number of nitrogens with zero attached hydrogens (tertiary/aromatic N) is 2. The molecule has 0 aliphatic heterocycles. The van der Waals surface area contributed by atoms with E-state index in [0.29, 0.717) is 24.4 Å². The van der Waals surface area contributed by atoms with E-state index >= 15 is 0 Å². The Kier molecular flexibility index (Phi) is 7.35. The second-order valence-corrected chi connectivity index (χ2v) is 5.69. The number of furan rings is 2. The van der Waals surface area contributed by atoms with Gasteiger partial charge in [-0.05, 0) is 51.0 Å². The van der Waals surface area contributed by atoms with Crippen molar-refractivity contribution in [2.45, 2.75) is 39.5 Å². The topological polar surface area (TPSA) is 109 Å². The number of unbranched alkanes of at least 4 members (excludes halogenated alkanes) is 1. The van der Waals surface area contributed by atoms with E-state index in [9.17, 15) is 9.59 Å². The molecule has 0 aromatic carbocycles. The average molecular weight is 358 g/mol. The van der Waals surface area contributed by atoms with E-state index in [-0.39, 0.29) is 24.7 Å². The fraction of sp³-hybridized carbons (Fsp3) is 0.333. The summed E-state index contributed by atoms with van der Waals surface area (Å²) in [6.45, 7) is 3.66. The Morgan fingerprint density at radius 1 is 0.846 bits per heavy atom. The van der Waals surface area contributed by atoms with Gasteiger partial charge in [0.2, 0.25) is 11.8 Å². The van der Waals surface area contributed by atoms with Crippen LogP contribution in [0.3, 0.4) is 0 Å². The first-order chi connectivity index (χ1) is 12.5. The normalized spacial score (nSPS) is 11.3. The Balaban J connectivity index is 1.54. The molecule has 26 heavy (non-hydrogen) atoms. The lowest BCUT2D eigenvalue weighted by Crippen LogP contribution is -2.18. The van der Waals surface area contributed by atoms with Gasteiger partial charge in [0, 0.05) is 12.8 Å². The van der Waals surface area contributed by atoms with Crippen LogP contribution in [0, 0.1) is 13.8 Å². The van der Waals surface area contributed by atoms with Crippen molar-refractivity contribution in [1.29, 1.82) is 0 Å². The van der Waals surface area contributed by atoms with Crippen LogP contribution in [-0.4, -0.2) is 24.2 Å². The monoisotopic (exact) mass is 358 g/mol. The summed E-state index contributed by atoms with van der Waals surface area (Å²) in [7, 11) is 0. The number of hydrazone groups is 2. The number of hydrogen-bond acceptors (Lipinski definition) is 6. The third-order valence-corrected chi connectivity index (χ3v) is 3.34. The Morgan fingerprint density at radius 3 is 1.62 bits per heavy atom. The van der Waals surface area contributed by atoms with Gasteiger partial charge in [0.1, 0.15) is 23.0 Å². The van der Waals surface area contributed by atoms with E-state index < -0.39 is 0 Å². The predicted molar refractivity (Wildman–Crippen MR) is 96.8 cm³/mol. The zero-order valence-corrected chi connectivity index (χ0v) is 14.8. The molecule has 2 N–H and O–H groups in total. The van der Waals surface area contributed by atoms with Gasteiger partial charge in [-0.15, -0.1) is 0 Å². The first kappa shape index (κ1) is 19.2. The number of amides is 2. The lowest BCUT2D eigenvalue weighted by molar-refractivity contribution is -0.123. The van der Waals surface area contributed by atoms with Gasteiger partial charge in [-0.25, -0.2) is 10.9 Å². The van der Waals surface area contributed by atoms with Crippen LogP contribution in [0.5, 0.6) is 0 Å². The lowest BCUT2D eigenvalue weighted by atomic mass is 10.2. The smallest absolute Gasteiger partial charge is 0.240 e. The van der Waals surface area contributed by atoms with E-state index in [2.05, 4.69) is 21.1 Å². The molecule has 2 rings (SSSR count). The van der Waals surface area contributed by atoms with Gasteiger partial charge in [-0.1, -0.05) is 0 Å². The summed E-state index contributed by atoms with van der Waals surface area (Å²) in [5.74, 6) is 2.28. The molecule has 2 amide bonds. The van der Waals surface area contributed by atoms with Crippen molar-refractivity contribution in [3.63, 3.8) is 0 Å². The summed E-state index contributed by atoms with van der Waals surface area (Å²) in [4.78, 5) is 23.2. The Bertz CT molecular complexity index is 722. The van der Waals surface area contributed by atoms with Crippen LogP contribution in [0.2, 0.25) is 0 Å². The zero-order valence-electron chi connectivity index (χ0n) is 14.8. The summed E-state index contributed by atoms with van der Waals surface area (Å²) < 4.78 is 10.6. The number of carbonyl (C=O) groups excluding carboxylic acids is 2. The van der Waals surface area contributed by atoms with Crippen molar-refractivity contribution < 1.29 is 18.4 Å². The minimum Gasteiger partial charge on any atom is -0.460 e. The minimum atomic E-state index is -0.212. The van der Waals surface area contributed by atoms with Crippen molar-refractivity contribution >= 4 is 24.2 Å². The molecule has 0 radical (unpaired) electrons. The molecule has 0 saturated heterocycles. The summed E-state index contributed by atoms with van der Waals surface area (Å²) in [6.07, 6.45) is 4.62. The van der Waals surface area contributed by atoms with Crippen LogP contribution in [0.15, 0.2) is 43.3 Å². The molecule has 0 saturated carbocycles.